The molecule has 2 heterocycles. The van der Waals surface area contributed by atoms with Gasteiger partial charge in [0.1, 0.15) is 11.0 Å². The van der Waals surface area contributed by atoms with Crippen molar-refractivity contribution in [1.29, 1.82) is 0 Å². The highest BCUT2D eigenvalue weighted by Crippen LogP contribution is 2.37. The molecule has 0 aliphatic carbocycles. The first-order valence-electron chi connectivity index (χ1n) is 7.00. The lowest BCUT2D eigenvalue weighted by molar-refractivity contribution is -0.115. The van der Waals surface area contributed by atoms with Crippen molar-refractivity contribution in [3.63, 3.8) is 0 Å². The first-order valence-corrected chi connectivity index (χ1v) is 8.75. The van der Waals surface area contributed by atoms with Crippen LogP contribution in [0.15, 0.2) is 50.6 Å². The van der Waals surface area contributed by atoms with E-state index in [1.54, 1.807) is 13.0 Å². The van der Waals surface area contributed by atoms with Gasteiger partial charge in [-0.2, -0.15) is 0 Å². The van der Waals surface area contributed by atoms with Crippen LogP contribution in [-0.2, 0) is 4.79 Å². The van der Waals surface area contributed by atoms with Crippen molar-refractivity contribution in [2.24, 2.45) is 0 Å². The average Bonchev–Trinajstić information content (AvgIpc) is 3.14. The van der Waals surface area contributed by atoms with E-state index in [9.17, 15) is 4.79 Å². The Bertz CT molecular complexity index is 799. The minimum Gasteiger partial charge on any atom is -0.360 e. The zero-order chi connectivity index (χ0) is 16.2. The largest absolute Gasteiger partial charge is 0.360 e. The van der Waals surface area contributed by atoms with Crippen LogP contribution in [0.4, 0.5) is 5.82 Å². The van der Waals surface area contributed by atoms with Gasteiger partial charge in [-0.25, -0.2) is 4.98 Å². The SMILES string of the molecule is Cc1csc(SC(C(=O)Nc2cc(C)on2)c2ccccc2)n1. The fourth-order valence-electron chi connectivity index (χ4n) is 2.01. The number of carbonyl (C=O) groups excluding carboxylic acids is 1. The lowest BCUT2D eigenvalue weighted by Crippen LogP contribution is -2.19. The number of benzene rings is 1. The maximum Gasteiger partial charge on any atom is 0.243 e. The number of nitrogens with one attached hydrogen (secondary N) is 1. The highest BCUT2D eigenvalue weighted by Gasteiger charge is 2.24. The summed E-state index contributed by atoms with van der Waals surface area (Å²) in [6.45, 7) is 3.72. The van der Waals surface area contributed by atoms with Gasteiger partial charge in [0.25, 0.3) is 0 Å². The van der Waals surface area contributed by atoms with Gasteiger partial charge in [-0.3, -0.25) is 4.79 Å². The molecule has 1 N–H and O–H groups in total. The quantitative estimate of drug-likeness (QED) is 0.701. The Kier molecular flexibility index (Phi) is 4.78. The Hall–Kier alpha value is -2.12. The number of carbonyl (C=O) groups is 1. The van der Waals surface area contributed by atoms with E-state index in [1.165, 1.54) is 23.1 Å². The van der Waals surface area contributed by atoms with Gasteiger partial charge in [-0.15, -0.1) is 11.3 Å². The molecule has 0 saturated carbocycles. The molecule has 23 heavy (non-hydrogen) atoms. The summed E-state index contributed by atoms with van der Waals surface area (Å²) >= 11 is 2.97. The molecule has 1 amide bonds. The maximum atomic E-state index is 12.7. The number of hydrogen-bond donors (Lipinski definition) is 1. The molecule has 1 unspecified atom stereocenters. The molecule has 0 aliphatic heterocycles. The summed E-state index contributed by atoms with van der Waals surface area (Å²) < 4.78 is 5.85. The molecular weight excluding hydrogens is 330 g/mol. The van der Waals surface area contributed by atoms with E-state index in [-0.39, 0.29) is 5.91 Å². The third-order valence-electron chi connectivity index (χ3n) is 3.04. The zero-order valence-electron chi connectivity index (χ0n) is 12.6. The van der Waals surface area contributed by atoms with E-state index in [0.717, 1.165) is 15.6 Å². The van der Waals surface area contributed by atoms with Gasteiger partial charge in [0.2, 0.25) is 5.91 Å². The summed E-state index contributed by atoms with van der Waals surface area (Å²) in [7, 11) is 0. The molecule has 1 atom stereocenters. The third-order valence-corrected chi connectivity index (χ3v) is 5.38. The fraction of sp³-hybridized carbons (Fsp3) is 0.188. The van der Waals surface area contributed by atoms with Crippen LogP contribution in [0.25, 0.3) is 0 Å². The number of aryl methyl sites for hydroxylation is 2. The first kappa shape index (κ1) is 15.8. The number of nitrogens with zero attached hydrogens (tertiary/aromatic N) is 2. The van der Waals surface area contributed by atoms with Crippen molar-refractivity contribution in [3.05, 3.63) is 58.8 Å². The lowest BCUT2D eigenvalue weighted by Gasteiger charge is -2.14. The van der Waals surface area contributed by atoms with Crippen molar-refractivity contribution in [1.82, 2.24) is 10.1 Å². The van der Waals surface area contributed by atoms with Crippen molar-refractivity contribution in [2.45, 2.75) is 23.4 Å². The van der Waals surface area contributed by atoms with Crippen LogP contribution in [0.5, 0.6) is 0 Å². The Morgan fingerprint density at radius 1 is 1.30 bits per heavy atom. The lowest BCUT2D eigenvalue weighted by atomic mass is 10.1. The zero-order valence-corrected chi connectivity index (χ0v) is 14.3. The van der Waals surface area contributed by atoms with E-state index in [0.29, 0.717) is 11.6 Å². The van der Waals surface area contributed by atoms with Crippen LogP contribution in [-0.4, -0.2) is 16.0 Å². The molecule has 0 spiro atoms. The number of thiazole rings is 1. The van der Waals surface area contributed by atoms with Crippen LogP contribution in [0, 0.1) is 13.8 Å². The summed E-state index contributed by atoms with van der Waals surface area (Å²) in [6, 6.07) is 11.3. The van der Waals surface area contributed by atoms with Crippen LogP contribution < -0.4 is 5.32 Å². The molecule has 0 bridgehead atoms. The van der Waals surface area contributed by atoms with Gasteiger partial charge in [0, 0.05) is 17.1 Å². The molecule has 1 aromatic carbocycles. The van der Waals surface area contributed by atoms with Crippen molar-refractivity contribution < 1.29 is 9.32 Å². The summed E-state index contributed by atoms with van der Waals surface area (Å²) in [5.41, 5.74) is 1.87. The van der Waals surface area contributed by atoms with Gasteiger partial charge >= 0.3 is 0 Å². The normalized spacial score (nSPS) is 12.1. The smallest absolute Gasteiger partial charge is 0.243 e. The highest BCUT2D eigenvalue weighted by molar-refractivity contribution is 8.01. The van der Waals surface area contributed by atoms with Crippen molar-refractivity contribution in [3.8, 4) is 0 Å². The second kappa shape index (κ2) is 6.97. The number of aromatic nitrogens is 2. The molecule has 0 saturated heterocycles. The number of thioether (sulfide) groups is 1. The Morgan fingerprint density at radius 3 is 2.70 bits per heavy atom. The first-order chi connectivity index (χ1) is 11.1. The third kappa shape index (κ3) is 4.00. The Labute approximate surface area is 142 Å². The average molecular weight is 345 g/mol. The standard InChI is InChI=1S/C16H15N3O2S2/c1-10-9-22-16(17-10)23-14(12-6-4-3-5-7-12)15(20)18-13-8-11(2)21-19-13/h3-9,14H,1-2H3,(H,18,19,20). The van der Waals surface area contributed by atoms with Gasteiger partial charge in [-0.05, 0) is 19.4 Å². The predicted molar refractivity (Wildman–Crippen MR) is 91.8 cm³/mol. The van der Waals surface area contributed by atoms with Crippen LogP contribution in [0.1, 0.15) is 22.3 Å². The molecule has 5 nitrogen and oxygen atoms in total. The minimum atomic E-state index is -0.404. The fourth-order valence-corrected chi connectivity index (χ4v) is 4.04. The van der Waals surface area contributed by atoms with E-state index in [2.05, 4.69) is 15.5 Å². The van der Waals surface area contributed by atoms with Crippen LogP contribution >= 0.6 is 23.1 Å². The maximum absolute atomic E-state index is 12.7. The summed E-state index contributed by atoms with van der Waals surface area (Å²) in [5.74, 6) is 0.923. The molecule has 0 aliphatic rings. The van der Waals surface area contributed by atoms with Crippen molar-refractivity contribution >= 4 is 34.8 Å². The van der Waals surface area contributed by atoms with E-state index in [4.69, 9.17) is 4.52 Å². The topological polar surface area (TPSA) is 68.0 Å². The molecule has 7 heteroatoms. The van der Waals surface area contributed by atoms with Gasteiger partial charge < -0.3 is 9.84 Å². The minimum absolute atomic E-state index is 0.151. The van der Waals surface area contributed by atoms with Crippen LogP contribution in [0.2, 0.25) is 0 Å². The van der Waals surface area contributed by atoms with Crippen molar-refractivity contribution in [2.75, 3.05) is 5.32 Å². The molecule has 3 rings (SSSR count). The molecule has 0 radical (unpaired) electrons. The van der Waals surface area contributed by atoms with Crippen LogP contribution in [0.3, 0.4) is 0 Å². The van der Waals surface area contributed by atoms with Gasteiger partial charge in [0.05, 0.1) is 0 Å². The van der Waals surface area contributed by atoms with E-state index >= 15 is 0 Å². The van der Waals surface area contributed by atoms with E-state index in [1.807, 2.05) is 42.6 Å². The molecular formula is C16H15N3O2S2. The monoisotopic (exact) mass is 345 g/mol. The van der Waals surface area contributed by atoms with E-state index < -0.39 is 5.25 Å². The second-order valence-electron chi connectivity index (χ2n) is 4.98. The molecule has 0 fully saturated rings. The summed E-state index contributed by atoms with van der Waals surface area (Å²) in [4.78, 5) is 17.1. The van der Waals surface area contributed by atoms with Gasteiger partial charge in [-0.1, -0.05) is 47.3 Å². The summed E-state index contributed by atoms with van der Waals surface area (Å²) in [5, 5.41) is 8.19. The predicted octanol–water partition coefficient (Wildman–Crippen LogP) is 4.22. The summed E-state index contributed by atoms with van der Waals surface area (Å²) in [6.07, 6.45) is 0. The van der Waals surface area contributed by atoms with Gasteiger partial charge in [0.15, 0.2) is 10.2 Å². The Morgan fingerprint density at radius 2 is 2.09 bits per heavy atom. The Balaban J connectivity index is 1.83. The number of rotatable bonds is 5. The molecule has 3 aromatic rings. The second-order valence-corrected chi connectivity index (χ2v) is 7.19. The molecule has 118 valence electrons. The highest BCUT2D eigenvalue weighted by atomic mass is 32.2. The number of hydrogen-bond acceptors (Lipinski definition) is 6. The number of anilines is 1. The number of amides is 1. The molecule has 2 aromatic heterocycles.